The topological polar surface area (TPSA) is 0 Å². The molecule has 15 heavy (non-hydrogen) atoms. The van der Waals surface area contributed by atoms with Crippen LogP contribution in [0.2, 0.25) is 0 Å². The smallest absolute Gasteiger partial charge is 0.159 e. The Bertz CT molecular complexity index is 495. The lowest BCUT2D eigenvalue weighted by molar-refractivity contribution is 0.509. The fourth-order valence-electron chi connectivity index (χ4n) is 1.36. The third-order valence-corrected chi connectivity index (χ3v) is 2.38. The van der Waals surface area contributed by atoms with Crippen molar-refractivity contribution in [3.8, 4) is 11.1 Å². The van der Waals surface area contributed by atoms with E-state index < -0.39 is 11.6 Å². The summed E-state index contributed by atoms with van der Waals surface area (Å²) in [5.41, 5.74) is 1.46. The molecule has 0 aromatic heterocycles. The van der Waals surface area contributed by atoms with Crippen molar-refractivity contribution in [2.75, 3.05) is 0 Å². The number of hydrogen-bond donors (Lipinski definition) is 1. The molecule has 76 valence electrons. The van der Waals surface area contributed by atoms with Crippen LogP contribution in [0.15, 0.2) is 47.4 Å². The largest absolute Gasteiger partial charge is 0.204 e. The first-order chi connectivity index (χ1) is 7.16. The van der Waals surface area contributed by atoms with E-state index in [1.807, 2.05) is 18.2 Å². The second-order valence-electron chi connectivity index (χ2n) is 3.18. The molecule has 0 unspecified atom stereocenters. The number of benzene rings is 2. The molecule has 0 heterocycles. The molecule has 0 aliphatic carbocycles. The van der Waals surface area contributed by atoms with Gasteiger partial charge in [0.25, 0.3) is 0 Å². The summed E-state index contributed by atoms with van der Waals surface area (Å²) in [5, 5.41) is 0. The Morgan fingerprint density at radius 3 is 2.20 bits per heavy atom. The normalized spacial score (nSPS) is 10.3. The lowest BCUT2D eigenvalue weighted by Gasteiger charge is -2.02. The maximum absolute atomic E-state index is 13.0. The van der Waals surface area contributed by atoms with Crippen LogP contribution in [0.3, 0.4) is 0 Å². The van der Waals surface area contributed by atoms with Crippen LogP contribution in [-0.2, 0) is 0 Å². The Labute approximate surface area is 92.0 Å². The van der Waals surface area contributed by atoms with Gasteiger partial charge in [0.2, 0.25) is 0 Å². The maximum atomic E-state index is 13.0. The van der Waals surface area contributed by atoms with Crippen LogP contribution in [0.5, 0.6) is 0 Å². The van der Waals surface area contributed by atoms with Gasteiger partial charge in [-0.15, -0.1) is 12.6 Å². The van der Waals surface area contributed by atoms with Crippen LogP contribution < -0.4 is 0 Å². The average molecular weight is 222 g/mol. The standard InChI is InChI=1S/C12H8F2S/c13-11-5-4-9(7-12(11)14)8-2-1-3-10(15)6-8/h1-7,15H. The van der Waals surface area contributed by atoms with Gasteiger partial charge in [-0.1, -0.05) is 18.2 Å². The lowest BCUT2D eigenvalue weighted by Crippen LogP contribution is -1.85. The van der Waals surface area contributed by atoms with E-state index in [1.165, 1.54) is 6.07 Å². The van der Waals surface area contributed by atoms with Gasteiger partial charge in [-0.25, -0.2) is 8.78 Å². The first-order valence-electron chi connectivity index (χ1n) is 4.41. The number of rotatable bonds is 1. The Hall–Kier alpha value is -1.35. The van der Waals surface area contributed by atoms with E-state index in [4.69, 9.17) is 0 Å². The van der Waals surface area contributed by atoms with E-state index >= 15 is 0 Å². The van der Waals surface area contributed by atoms with Crippen LogP contribution in [0.1, 0.15) is 0 Å². The molecule has 2 rings (SSSR count). The minimum atomic E-state index is -0.836. The van der Waals surface area contributed by atoms with Crippen LogP contribution in [0.4, 0.5) is 8.78 Å². The summed E-state index contributed by atoms with van der Waals surface area (Å²) in [4.78, 5) is 0.789. The predicted octanol–water partition coefficient (Wildman–Crippen LogP) is 3.92. The van der Waals surface area contributed by atoms with E-state index in [-0.39, 0.29) is 0 Å². The second kappa shape index (κ2) is 4.03. The second-order valence-corrected chi connectivity index (χ2v) is 3.70. The van der Waals surface area contributed by atoms with Crippen molar-refractivity contribution in [3.05, 3.63) is 54.1 Å². The van der Waals surface area contributed by atoms with Crippen LogP contribution >= 0.6 is 12.6 Å². The Balaban J connectivity index is 2.50. The summed E-state index contributed by atoms with van der Waals surface area (Å²) in [6.07, 6.45) is 0. The van der Waals surface area contributed by atoms with E-state index in [0.29, 0.717) is 5.56 Å². The number of hydrogen-bond acceptors (Lipinski definition) is 1. The lowest BCUT2D eigenvalue weighted by atomic mass is 10.1. The highest BCUT2D eigenvalue weighted by molar-refractivity contribution is 7.80. The van der Waals surface area contributed by atoms with Gasteiger partial charge in [0.1, 0.15) is 0 Å². The van der Waals surface area contributed by atoms with Crippen molar-refractivity contribution >= 4 is 12.6 Å². The summed E-state index contributed by atoms with van der Waals surface area (Å²) in [5.74, 6) is -1.67. The SMILES string of the molecule is Fc1ccc(-c2cccc(S)c2)cc1F. The number of halogens is 2. The first-order valence-corrected chi connectivity index (χ1v) is 4.86. The zero-order valence-electron chi connectivity index (χ0n) is 7.74. The predicted molar refractivity (Wildman–Crippen MR) is 59.0 cm³/mol. The molecule has 0 aliphatic rings. The molecule has 0 nitrogen and oxygen atoms in total. The van der Waals surface area contributed by atoms with Crippen LogP contribution in [0.25, 0.3) is 11.1 Å². The summed E-state index contributed by atoms with van der Waals surface area (Å²) in [6.45, 7) is 0. The molecule has 0 radical (unpaired) electrons. The molecule has 0 atom stereocenters. The van der Waals surface area contributed by atoms with Gasteiger partial charge in [-0.3, -0.25) is 0 Å². The summed E-state index contributed by atoms with van der Waals surface area (Å²) in [7, 11) is 0. The van der Waals surface area contributed by atoms with Gasteiger partial charge in [0.05, 0.1) is 0 Å². The molecule has 0 N–H and O–H groups in total. The van der Waals surface area contributed by atoms with Crippen molar-refractivity contribution in [2.24, 2.45) is 0 Å². The molecule has 3 heteroatoms. The zero-order chi connectivity index (χ0) is 10.8. The zero-order valence-corrected chi connectivity index (χ0v) is 8.64. The van der Waals surface area contributed by atoms with Gasteiger partial charge in [0, 0.05) is 4.90 Å². The van der Waals surface area contributed by atoms with Crippen LogP contribution in [-0.4, -0.2) is 0 Å². The molecule has 2 aromatic rings. The monoisotopic (exact) mass is 222 g/mol. The highest BCUT2D eigenvalue weighted by atomic mass is 32.1. The molecular weight excluding hydrogens is 214 g/mol. The molecule has 0 saturated heterocycles. The van der Waals surface area contributed by atoms with Crippen molar-refractivity contribution < 1.29 is 8.78 Å². The van der Waals surface area contributed by atoms with Gasteiger partial charge >= 0.3 is 0 Å². The summed E-state index contributed by atoms with van der Waals surface area (Å²) in [6, 6.07) is 11.1. The maximum Gasteiger partial charge on any atom is 0.159 e. The Kier molecular flexibility index (Phi) is 2.73. The van der Waals surface area contributed by atoms with Gasteiger partial charge in [0.15, 0.2) is 11.6 Å². The van der Waals surface area contributed by atoms with Crippen LogP contribution in [0, 0.1) is 11.6 Å². The van der Waals surface area contributed by atoms with Crippen molar-refractivity contribution in [1.82, 2.24) is 0 Å². The van der Waals surface area contributed by atoms with E-state index in [0.717, 1.165) is 16.5 Å². The first kappa shape index (κ1) is 10.2. The molecule has 0 amide bonds. The molecule has 0 aliphatic heterocycles. The van der Waals surface area contributed by atoms with Gasteiger partial charge in [-0.2, -0.15) is 0 Å². The highest BCUT2D eigenvalue weighted by Gasteiger charge is 2.04. The molecule has 0 spiro atoms. The van der Waals surface area contributed by atoms with E-state index in [1.54, 1.807) is 12.1 Å². The van der Waals surface area contributed by atoms with Gasteiger partial charge < -0.3 is 0 Å². The fraction of sp³-hybridized carbons (Fsp3) is 0. The quantitative estimate of drug-likeness (QED) is 0.694. The van der Waals surface area contributed by atoms with Crippen molar-refractivity contribution in [1.29, 1.82) is 0 Å². The molecule has 0 fully saturated rings. The van der Waals surface area contributed by atoms with Gasteiger partial charge in [-0.05, 0) is 35.4 Å². The fourth-order valence-corrected chi connectivity index (χ4v) is 1.59. The van der Waals surface area contributed by atoms with Crippen molar-refractivity contribution in [2.45, 2.75) is 4.90 Å². The minimum absolute atomic E-state index is 0.643. The van der Waals surface area contributed by atoms with E-state index in [2.05, 4.69) is 12.6 Å². The number of thiol groups is 1. The molecule has 0 bridgehead atoms. The third kappa shape index (κ3) is 2.18. The molecule has 2 aromatic carbocycles. The summed E-state index contributed by atoms with van der Waals surface area (Å²) >= 11 is 4.18. The summed E-state index contributed by atoms with van der Waals surface area (Å²) < 4.78 is 25.7. The molecule has 0 saturated carbocycles. The third-order valence-electron chi connectivity index (χ3n) is 2.10. The van der Waals surface area contributed by atoms with E-state index in [9.17, 15) is 8.78 Å². The van der Waals surface area contributed by atoms with Crippen molar-refractivity contribution in [3.63, 3.8) is 0 Å². The molecular formula is C12H8F2S. The highest BCUT2D eigenvalue weighted by Crippen LogP contribution is 2.23. The average Bonchev–Trinajstić information content (AvgIpc) is 2.22. The minimum Gasteiger partial charge on any atom is -0.204 e. The Morgan fingerprint density at radius 2 is 1.53 bits per heavy atom. The Morgan fingerprint density at radius 1 is 0.800 bits per heavy atom.